The maximum absolute atomic E-state index is 13.6. The summed E-state index contributed by atoms with van der Waals surface area (Å²) in [4.78, 5) is 56.3. The minimum absolute atomic E-state index is 0.0241. The molecule has 1 aliphatic carbocycles. The van der Waals surface area contributed by atoms with Gasteiger partial charge in [0.25, 0.3) is 5.91 Å². The highest BCUT2D eigenvalue weighted by Gasteiger charge is 2.69. The van der Waals surface area contributed by atoms with Crippen molar-refractivity contribution in [3.05, 3.63) is 69.9 Å². The van der Waals surface area contributed by atoms with Crippen molar-refractivity contribution in [2.24, 2.45) is 10.5 Å². The summed E-state index contributed by atoms with van der Waals surface area (Å²) in [6, 6.07) is 8.33. The molecule has 3 aromatic rings. The lowest BCUT2D eigenvalue weighted by molar-refractivity contribution is -0.199. The minimum Gasteiger partial charge on any atom is -0.342 e. The number of amides is 4. The highest BCUT2D eigenvalue weighted by Crippen LogP contribution is 2.59. The maximum Gasteiger partial charge on any atom is 0.403 e. The van der Waals surface area contributed by atoms with Crippen LogP contribution >= 0.6 is 0 Å². The number of azide groups is 1. The number of rotatable bonds is 7. The van der Waals surface area contributed by atoms with Gasteiger partial charge in [-0.15, -0.1) is 0 Å². The molecule has 4 aliphatic rings. The van der Waals surface area contributed by atoms with E-state index in [1.807, 2.05) is 24.4 Å². The Balaban J connectivity index is 1.14. The summed E-state index contributed by atoms with van der Waals surface area (Å²) in [5, 5.41) is 12.3. The molecule has 2 saturated heterocycles. The second-order valence-electron chi connectivity index (χ2n) is 12.6. The molecule has 3 fully saturated rings. The summed E-state index contributed by atoms with van der Waals surface area (Å²) < 4.78 is 42.5. The zero-order valence-electron chi connectivity index (χ0n) is 24.6. The summed E-state index contributed by atoms with van der Waals surface area (Å²) in [6.07, 6.45) is -0.113. The normalized spacial score (nSPS) is 21.7. The van der Waals surface area contributed by atoms with Gasteiger partial charge in [0.2, 0.25) is 17.7 Å². The highest BCUT2D eigenvalue weighted by molar-refractivity contribution is 6.27. The van der Waals surface area contributed by atoms with Gasteiger partial charge in [-0.1, -0.05) is 23.3 Å². The number of alkyl halides is 3. The van der Waals surface area contributed by atoms with E-state index in [9.17, 15) is 32.3 Å². The van der Waals surface area contributed by atoms with Crippen molar-refractivity contribution in [2.75, 3.05) is 24.5 Å². The van der Waals surface area contributed by atoms with Crippen LogP contribution in [0.2, 0.25) is 0 Å². The fourth-order valence-corrected chi connectivity index (χ4v) is 7.18. The molecule has 15 heteroatoms. The smallest absolute Gasteiger partial charge is 0.342 e. The van der Waals surface area contributed by atoms with E-state index < -0.39 is 35.0 Å². The average molecular weight is 635 g/mol. The first-order valence-electron chi connectivity index (χ1n) is 15.1. The number of hydrogen-bond acceptors (Lipinski definition) is 6. The fraction of sp³-hybridized carbons (Fsp3) is 0.452. The maximum atomic E-state index is 13.6. The van der Waals surface area contributed by atoms with Crippen LogP contribution in [0, 0.1) is 5.41 Å². The number of nitrogens with zero attached hydrogens (tertiary/aromatic N) is 7. The molecule has 1 N–H and O–H groups in total. The summed E-state index contributed by atoms with van der Waals surface area (Å²) in [6.45, 7) is 0.190. The second kappa shape index (κ2) is 10.6. The summed E-state index contributed by atoms with van der Waals surface area (Å²) in [5.41, 5.74) is 8.79. The van der Waals surface area contributed by atoms with E-state index in [1.54, 1.807) is 23.0 Å². The number of piperidine rings is 2. The highest BCUT2D eigenvalue weighted by atomic mass is 19.4. The third-order valence-electron chi connectivity index (χ3n) is 9.97. The van der Waals surface area contributed by atoms with Gasteiger partial charge in [0.1, 0.15) is 11.5 Å². The number of carbonyl (C=O) groups is 4. The van der Waals surface area contributed by atoms with E-state index in [2.05, 4.69) is 20.4 Å². The Kier molecular flexibility index (Phi) is 6.85. The third-order valence-corrected chi connectivity index (χ3v) is 9.97. The standard InChI is InChI=1S/C31H29F3N8O4/c32-31(33,34)30(8-9-30)28(46)40-12-10-29(11-13-40,17-36-39-35)41-16-18(15-37-41)14-19-4-5-22-25-20(19)2-1-3-21(25)27(45)42(22)23-6-7-24(43)38-26(23)44/h1-5,15-16,23H,6-14,17H2,(H,38,43,44). The largest absolute Gasteiger partial charge is 0.403 e. The van der Waals surface area contributed by atoms with E-state index in [0.717, 1.165) is 21.9 Å². The van der Waals surface area contributed by atoms with Gasteiger partial charge in [-0.3, -0.25) is 34.1 Å². The van der Waals surface area contributed by atoms with Crippen LogP contribution in [-0.2, 0) is 26.3 Å². The number of aromatic nitrogens is 2. The van der Waals surface area contributed by atoms with Crippen molar-refractivity contribution in [2.45, 2.75) is 62.7 Å². The summed E-state index contributed by atoms with van der Waals surface area (Å²) in [7, 11) is 0. The number of halogens is 3. The Morgan fingerprint density at radius 3 is 2.54 bits per heavy atom. The quantitative estimate of drug-likeness (QED) is 0.177. The predicted molar refractivity (Wildman–Crippen MR) is 157 cm³/mol. The van der Waals surface area contributed by atoms with Crippen LogP contribution in [0.4, 0.5) is 18.9 Å². The van der Waals surface area contributed by atoms with E-state index in [0.29, 0.717) is 17.7 Å². The van der Waals surface area contributed by atoms with Crippen molar-refractivity contribution in [3.8, 4) is 0 Å². The molecule has 2 aromatic carbocycles. The first kappa shape index (κ1) is 29.8. The van der Waals surface area contributed by atoms with Crippen LogP contribution in [0.1, 0.15) is 60.0 Å². The molecular formula is C31H29F3N8O4. The van der Waals surface area contributed by atoms with Crippen molar-refractivity contribution < 1.29 is 32.3 Å². The van der Waals surface area contributed by atoms with Crippen LogP contribution in [0.25, 0.3) is 21.2 Å². The number of nitrogens with one attached hydrogen (secondary N) is 1. The van der Waals surface area contributed by atoms with E-state index in [1.165, 1.54) is 9.80 Å². The Bertz CT molecular complexity index is 1850. The molecule has 1 aromatic heterocycles. The Hall–Kier alpha value is -4.91. The monoisotopic (exact) mass is 634 g/mol. The molecule has 0 spiro atoms. The fourth-order valence-electron chi connectivity index (χ4n) is 7.18. The zero-order chi connectivity index (χ0) is 32.4. The molecule has 238 valence electrons. The first-order valence-corrected chi connectivity index (χ1v) is 15.1. The van der Waals surface area contributed by atoms with Gasteiger partial charge in [-0.25, -0.2) is 0 Å². The number of benzene rings is 2. The first-order chi connectivity index (χ1) is 22.0. The van der Waals surface area contributed by atoms with E-state index in [4.69, 9.17) is 5.53 Å². The molecule has 4 heterocycles. The Morgan fingerprint density at radius 1 is 1.11 bits per heavy atom. The van der Waals surface area contributed by atoms with Crippen LogP contribution in [0.15, 0.2) is 47.8 Å². The predicted octanol–water partition coefficient (Wildman–Crippen LogP) is 4.36. The molecule has 1 unspecified atom stereocenters. The average Bonchev–Trinajstić information content (AvgIpc) is 3.66. The molecule has 4 amide bonds. The van der Waals surface area contributed by atoms with Crippen molar-refractivity contribution in [3.63, 3.8) is 0 Å². The zero-order valence-corrected chi connectivity index (χ0v) is 24.6. The number of carbonyl (C=O) groups excluding carboxylic acids is 4. The van der Waals surface area contributed by atoms with Crippen molar-refractivity contribution >= 4 is 40.1 Å². The van der Waals surface area contributed by atoms with Gasteiger partial charge in [0.05, 0.1) is 24.0 Å². The molecule has 0 radical (unpaired) electrons. The van der Waals surface area contributed by atoms with Crippen molar-refractivity contribution in [1.82, 2.24) is 20.0 Å². The topological polar surface area (TPSA) is 153 Å². The van der Waals surface area contributed by atoms with Crippen LogP contribution in [0.5, 0.6) is 0 Å². The number of likely N-dealkylation sites (tertiary alicyclic amines) is 1. The third kappa shape index (κ3) is 4.60. The Labute approximate surface area is 260 Å². The van der Waals surface area contributed by atoms with Crippen LogP contribution < -0.4 is 10.2 Å². The molecule has 46 heavy (non-hydrogen) atoms. The molecule has 12 nitrogen and oxygen atoms in total. The summed E-state index contributed by atoms with van der Waals surface area (Å²) in [5.74, 6) is -2.05. The molecule has 3 aliphatic heterocycles. The lowest BCUT2D eigenvalue weighted by Crippen LogP contribution is -2.53. The second-order valence-corrected chi connectivity index (χ2v) is 12.6. The van der Waals surface area contributed by atoms with Gasteiger partial charge >= 0.3 is 6.18 Å². The number of hydrogen-bond donors (Lipinski definition) is 1. The van der Waals surface area contributed by atoms with Gasteiger partial charge < -0.3 is 4.90 Å². The molecule has 0 bridgehead atoms. The minimum atomic E-state index is -4.58. The lowest BCUT2D eigenvalue weighted by atomic mass is 9.86. The van der Waals surface area contributed by atoms with Gasteiger partial charge in [-0.2, -0.15) is 18.3 Å². The van der Waals surface area contributed by atoms with Crippen molar-refractivity contribution in [1.29, 1.82) is 0 Å². The van der Waals surface area contributed by atoms with E-state index in [-0.39, 0.29) is 70.0 Å². The van der Waals surface area contributed by atoms with Gasteiger partial charge in [0.15, 0.2) is 0 Å². The lowest BCUT2D eigenvalue weighted by Gasteiger charge is -2.42. The van der Waals surface area contributed by atoms with E-state index >= 15 is 0 Å². The number of imide groups is 1. The molecule has 1 atom stereocenters. The number of anilines is 1. The van der Waals surface area contributed by atoms with Crippen LogP contribution in [-0.4, -0.2) is 70.2 Å². The Morgan fingerprint density at radius 2 is 1.87 bits per heavy atom. The van der Waals surface area contributed by atoms with Gasteiger partial charge in [0, 0.05) is 48.0 Å². The molecule has 7 rings (SSSR count). The summed E-state index contributed by atoms with van der Waals surface area (Å²) >= 11 is 0. The SMILES string of the molecule is [N-]=[N+]=NCC1(n2cc(Cc3ccc4c5c(cccc35)C(=O)N4C3CCC(=O)NC3=O)cn2)CCN(C(=O)C2(C(F)(F)F)CC2)CC1. The van der Waals surface area contributed by atoms with Gasteiger partial charge in [-0.05, 0) is 66.3 Å². The van der Waals surface area contributed by atoms with Crippen LogP contribution in [0.3, 0.4) is 0 Å². The molecule has 1 saturated carbocycles. The molecular weight excluding hydrogens is 605 g/mol.